The molecule has 0 bridgehead atoms. The molecule has 0 unspecified atom stereocenters. The van der Waals surface area contributed by atoms with E-state index in [2.05, 4.69) is 28.7 Å². The predicted molar refractivity (Wildman–Crippen MR) is 167 cm³/mol. The number of hydrogen-bond donors (Lipinski definition) is 0. The van der Waals surface area contributed by atoms with E-state index in [0.717, 1.165) is 30.5 Å². The van der Waals surface area contributed by atoms with Crippen molar-refractivity contribution < 1.29 is 14.3 Å². The normalized spacial score (nSPS) is 16.9. The maximum absolute atomic E-state index is 12.4. The van der Waals surface area contributed by atoms with Gasteiger partial charge in [0.15, 0.2) is 6.73 Å². The molecular weight excluding hydrogens is 528 g/mol. The summed E-state index contributed by atoms with van der Waals surface area (Å²) in [5.74, 6) is 0.842. The highest BCUT2D eigenvalue weighted by Gasteiger charge is 2.32. The smallest absolute Gasteiger partial charge is 0.307 e. The standard InChI is InChI=1S/C33H52N6O3/c1-4-5-6-7-8-9-10-11-12-13-14-15-16-17-31(41)42-26-39-23-20-28-32(35-25-36-33(28)39)37(3)29-24-38(22-19-27(29)2)30(40)18-21-34/h20,23,25,27,29H,4-19,22,24,26H2,1-3H3/t27-,29+/m1/s1. The lowest BCUT2D eigenvalue weighted by Crippen LogP contribution is -2.52. The molecule has 42 heavy (non-hydrogen) atoms. The second kappa shape index (κ2) is 18.4. The largest absolute Gasteiger partial charge is 0.444 e. The zero-order chi connectivity index (χ0) is 30.2. The second-order valence-corrected chi connectivity index (χ2v) is 12.0. The summed E-state index contributed by atoms with van der Waals surface area (Å²) in [6, 6.07) is 3.99. The van der Waals surface area contributed by atoms with Gasteiger partial charge in [0.1, 0.15) is 24.2 Å². The fourth-order valence-corrected chi connectivity index (χ4v) is 5.99. The molecule has 2 atom stereocenters. The Balaban J connectivity index is 1.38. The number of esters is 1. The highest BCUT2D eigenvalue weighted by molar-refractivity contribution is 5.88. The van der Waals surface area contributed by atoms with Crippen molar-refractivity contribution in [2.45, 2.75) is 129 Å². The van der Waals surface area contributed by atoms with Crippen molar-refractivity contribution in [1.29, 1.82) is 5.26 Å². The molecule has 0 spiro atoms. The number of amides is 1. The van der Waals surface area contributed by atoms with Gasteiger partial charge in [0.25, 0.3) is 0 Å². The Labute approximate surface area is 252 Å². The van der Waals surface area contributed by atoms with Gasteiger partial charge in [0.2, 0.25) is 5.91 Å². The molecule has 2 aromatic rings. The van der Waals surface area contributed by atoms with E-state index in [1.165, 1.54) is 77.0 Å². The van der Waals surface area contributed by atoms with E-state index < -0.39 is 0 Å². The molecule has 3 heterocycles. The van der Waals surface area contributed by atoms with E-state index in [4.69, 9.17) is 10.00 Å². The van der Waals surface area contributed by atoms with Gasteiger partial charge in [-0.3, -0.25) is 14.2 Å². The Morgan fingerprint density at radius 2 is 1.67 bits per heavy atom. The molecule has 0 aliphatic carbocycles. The quantitative estimate of drug-likeness (QED) is 0.130. The number of carbonyl (C=O) groups is 2. The Bertz CT molecular complexity index is 1140. The first-order valence-corrected chi connectivity index (χ1v) is 16.3. The number of nitriles is 1. The van der Waals surface area contributed by atoms with E-state index in [-0.39, 0.29) is 31.1 Å². The maximum atomic E-state index is 12.4. The number of hydrogen-bond acceptors (Lipinski definition) is 7. The summed E-state index contributed by atoms with van der Waals surface area (Å²) in [5, 5.41) is 9.81. The SMILES string of the molecule is CCCCCCCCCCCCCCCC(=O)OCn1ccc2c(N(C)[C@H]3CN(C(=O)CC#N)CC[C@H]3C)ncnc21. The summed E-state index contributed by atoms with van der Waals surface area (Å²) in [5.41, 5.74) is 0.710. The molecule has 0 aromatic carbocycles. The summed E-state index contributed by atoms with van der Waals surface area (Å²) < 4.78 is 7.41. The van der Waals surface area contributed by atoms with Gasteiger partial charge in [-0.15, -0.1) is 0 Å². The van der Waals surface area contributed by atoms with Gasteiger partial charge in [0, 0.05) is 32.8 Å². The van der Waals surface area contributed by atoms with Crippen LogP contribution in [-0.4, -0.2) is 57.5 Å². The number of rotatable bonds is 19. The van der Waals surface area contributed by atoms with E-state index in [1.807, 2.05) is 29.9 Å². The number of unbranched alkanes of at least 4 members (excludes halogenated alkanes) is 12. The molecule has 0 radical (unpaired) electrons. The van der Waals surface area contributed by atoms with Gasteiger partial charge >= 0.3 is 5.97 Å². The van der Waals surface area contributed by atoms with Crippen molar-refractivity contribution in [2.24, 2.45) is 5.92 Å². The maximum Gasteiger partial charge on any atom is 0.307 e. The average molecular weight is 581 g/mol. The Kier molecular flexibility index (Phi) is 14.6. The summed E-state index contributed by atoms with van der Waals surface area (Å²) in [6.07, 6.45) is 21.2. The highest BCUT2D eigenvalue weighted by atomic mass is 16.5. The third-order valence-electron chi connectivity index (χ3n) is 8.72. The molecule has 2 aromatic heterocycles. The molecule has 1 amide bonds. The number of aromatic nitrogens is 3. The molecule has 232 valence electrons. The molecule has 1 fully saturated rings. The third-order valence-corrected chi connectivity index (χ3v) is 8.72. The van der Waals surface area contributed by atoms with Crippen LogP contribution in [0.1, 0.15) is 117 Å². The molecular formula is C33H52N6O3. The first kappa shape index (κ1) is 33.4. The zero-order valence-electron chi connectivity index (χ0n) is 26.2. The Morgan fingerprint density at radius 3 is 2.31 bits per heavy atom. The molecule has 9 nitrogen and oxygen atoms in total. The van der Waals surface area contributed by atoms with Gasteiger partial charge in [-0.05, 0) is 24.8 Å². The van der Waals surface area contributed by atoms with Gasteiger partial charge in [-0.25, -0.2) is 9.97 Å². The topological polar surface area (TPSA) is 104 Å². The van der Waals surface area contributed by atoms with E-state index in [9.17, 15) is 9.59 Å². The molecule has 1 aliphatic heterocycles. The lowest BCUT2D eigenvalue weighted by Gasteiger charge is -2.42. The van der Waals surface area contributed by atoms with E-state index >= 15 is 0 Å². The summed E-state index contributed by atoms with van der Waals surface area (Å²) in [6.45, 7) is 5.80. The first-order chi connectivity index (χ1) is 20.5. The van der Waals surface area contributed by atoms with Crippen LogP contribution in [0, 0.1) is 17.2 Å². The number of likely N-dealkylation sites (N-methyl/N-ethyl adjacent to an activating group) is 1. The van der Waals surface area contributed by atoms with Crippen molar-refractivity contribution in [3.05, 3.63) is 18.6 Å². The van der Waals surface area contributed by atoms with Crippen molar-refractivity contribution in [1.82, 2.24) is 19.4 Å². The third kappa shape index (κ3) is 10.3. The van der Waals surface area contributed by atoms with E-state index in [1.54, 1.807) is 4.90 Å². The minimum Gasteiger partial charge on any atom is -0.444 e. The number of carbonyl (C=O) groups excluding carboxylic acids is 2. The summed E-state index contributed by atoms with van der Waals surface area (Å²) in [4.78, 5) is 37.7. The first-order valence-electron chi connectivity index (χ1n) is 16.3. The lowest BCUT2D eigenvalue weighted by atomic mass is 9.92. The minimum absolute atomic E-state index is 0.0704. The number of anilines is 1. The van der Waals surface area contributed by atoms with Crippen LogP contribution in [0.5, 0.6) is 0 Å². The van der Waals surface area contributed by atoms with Crippen LogP contribution >= 0.6 is 0 Å². The monoisotopic (exact) mass is 580 g/mol. The average Bonchev–Trinajstić information content (AvgIpc) is 3.41. The van der Waals surface area contributed by atoms with Gasteiger partial charge in [0.05, 0.1) is 17.5 Å². The molecule has 0 N–H and O–H groups in total. The molecule has 1 aliphatic rings. The van der Waals surface area contributed by atoms with Crippen LogP contribution in [-0.2, 0) is 21.1 Å². The minimum atomic E-state index is -0.176. The molecule has 9 heteroatoms. The molecule has 1 saturated heterocycles. The van der Waals surface area contributed by atoms with Crippen LogP contribution in [0.15, 0.2) is 18.6 Å². The van der Waals surface area contributed by atoms with Crippen molar-refractivity contribution in [2.75, 3.05) is 25.0 Å². The number of likely N-dealkylation sites (tertiary alicyclic amines) is 1. The molecule has 0 saturated carbocycles. The number of fused-ring (bicyclic) bond motifs is 1. The van der Waals surface area contributed by atoms with Crippen LogP contribution in [0.3, 0.4) is 0 Å². The van der Waals surface area contributed by atoms with Crippen LogP contribution in [0.4, 0.5) is 5.82 Å². The summed E-state index contributed by atoms with van der Waals surface area (Å²) in [7, 11) is 1.99. The van der Waals surface area contributed by atoms with Crippen molar-refractivity contribution >= 4 is 28.7 Å². The number of piperidine rings is 1. The van der Waals surface area contributed by atoms with Gasteiger partial charge in [-0.2, -0.15) is 5.26 Å². The van der Waals surface area contributed by atoms with Crippen molar-refractivity contribution in [3.63, 3.8) is 0 Å². The van der Waals surface area contributed by atoms with Crippen LogP contribution in [0.25, 0.3) is 11.0 Å². The fraction of sp³-hybridized carbons (Fsp3) is 0.727. The highest BCUT2D eigenvalue weighted by Crippen LogP contribution is 2.29. The predicted octanol–water partition coefficient (Wildman–Crippen LogP) is 7.00. The van der Waals surface area contributed by atoms with Gasteiger partial charge < -0.3 is 14.5 Å². The van der Waals surface area contributed by atoms with Crippen LogP contribution < -0.4 is 4.90 Å². The lowest BCUT2D eigenvalue weighted by molar-refractivity contribution is -0.147. The summed E-state index contributed by atoms with van der Waals surface area (Å²) >= 11 is 0. The number of ether oxygens (including phenoxy) is 1. The Morgan fingerprint density at radius 1 is 1.02 bits per heavy atom. The Hall–Kier alpha value is -3.15. The molecule has 3 rings (SSSR count). The van der Waals surface area contributed by atoms with Crippen LogP contribution in [0.2, 0.25) is 0 Å². The van der Waals surface area contributed by atoms with E-state index in [0.29, 0.717) is 31.1 Å². The number of nitrogens with zero attached hydrogens (tertiary/aromatic N) is 6. The second-order valence-electron chi connectivity index (χ2n) is 12.0. The van der Waals surface area contributed by atoms with Gasteiger partial charge in [-0.1, -0.05) is 90.9 Å². The van der Waals surface area contributed by atoms with Crippen molar-refractivity contribution in [3.8, 4) is 6.07 Å². The fourth-order valence-electron chi connectivity index (χ4n) is 5.99. The zero-order valence-corrected chi connectivity index (χ0v) is 26.2.